The monoisotopic (exact) mass is 466 g/mol. The summed E-state index contributed by atoms with van der Waals surface area (Å²) in [6, 6.07) is 7.60. The number of benzene rings is 1. The van der Waals surface area contributed by atoms with Crippen LogP contribution in [0.4, 0.5) is 4.79 Å². The molecule has 0 aromatic heterocycles. The molecule has 29 heavy (non-hydrogen) atoms. The number of likely N-dealkylation sites (tertiary alicyclic amines) is 1. The quantitative estimate of drug-likeness (QED) is 0.590. The molecule has 6 heteroatoms. The molecule has 162 valence electrons. The molecule has 0 spiro atoms. The number of nitrogens with one attached hydrogen (secondary N) is 1. The lowest BCUT2D eigenvalue weighted by molar-refractivity contribution is 0.0177. The fourth-order valence-electron chi connectivity index (χ4n) is 3.73. The molecule has 1 aromatic carbocycles. The van der Waals surface area contributed by atoms with Crippen molar-refractivity contribution in [3.05, 3.63) is 34.3 Å². The van der Waals surface area contributed by atoms with Crippen LogP contribution in [-0.2, 0) is 4.74 Å². The van der Waals surface area contributed by atoms with Crippen LogP contribution >= 0.6 is 15.9 Å². The van der Waals surface area contributed by atoms with Crippen molar-refractivity contribution in [3.8, 4) is 0 Å². The maximum absolute atomic E-state index is 12.7. The Morgan fingerprint density at radius 2 is 1.76 bits per heavy atom. The van der Waals surface area contributed by atoms with Gasteiger partial charge >= 0.3 is 6.09 Å². The van der Waals surface area contributed by atoms with E-state index in [0.29, 0.717) is 30.5 Å². The number of nitrogens with zero attached hydrogens (tertiary/aromatic N) is 1. The predicted octanol–water partition coefficient (Wildman–Crippen LogP) is 5.63. The van der Waals surface area contributed by atoms with Gasteiger partial charge in [0, 0.05) is 29.2 Å². The molecule has 1 aromatic rings. The third-order valence-corrected chi connectivity index (χ3v) is 5.61. The molecule has 0 radical (unpaired) electrons. The highest BCUT2D eigenvalue weighted by molar-refractivity contribution is 9.10. The lowest BCUT2D eigenvalue weighted by Gasteiger charge is -2.35. The standard InChI is InChI=1S/C23H35BrN2O3/c1-16(2)14-20(25-21(27)18-6-8-19(24)9-7-18)15-17-10-12-26(13-11-17)22(28)29-23(3,4)5/h6-9,16-17,20H,10-15H2,1-5H3,(H,25,27). The van der Waals surface area contributed by atoms with Crippen molar-refractivity contribution >= 4 is 27.9 Å². The van der Waals surface area contributed by atoms with Crippen LogP contribution in [0.1, 0.15) is 70.7 Å². The third-order valence-electron chi connectivity index (χ3n) is 5.08. The second-order valence-corrected chi connectivity index (χ2v) is 10.4. The minimum atomic E-state index is -0.465. The van der Waals surface area contributed by atoms with Crippen molar-refractivity contribution < 1.29 is 14.3 Å². The van der Waals surface area contributed by atoms with Gasteiger partial charge in [0.15, 0.2) is 0 Å². The molecule has 5 nitrogen and oxygen atoms in total. The van der Waals surface area contributed by atoms with Crippen molar-refractivity contribution in [2.24, 2.45) is 11.8 Å². The smallest absolute Gasteiger partial charge is 0.410 e. The Bertz CT molecular complexity index is 674. The number of ether oxygens (including phenoxy) is 1. The van der Waals surface area contributed by atoms with Gasteiger partial charge in [0.2, 0.25) is 0 Å². The predicted molar refractivity (Wildman–Crippen MR) is 120 cm³/mol. The van der Waals surface area contributed by atoms with E-state index >= 15 is 0 Å². The highest BCUT2D eigenvalue weighted by atomic mass is 79.9. The summed E-state index contributed by atoms with van der Waals surface area (Å²) in [5.41, 5.74) is 0.217. The van der Waals surface area contributed by atoms with E-state index in [9.17, 15) is 9.59 Å². The van der Waals surface area contributed by atoms with Crippen LogP contribution in [0.15, 0.2) is 28.7 Å². The van der Waals surface area contributed by atoms with Gasteiger partial charge in [0.05, 0.1) is 0 Å². The van der Waals surface area contributed by atoms with E-state index in [1.807, 2.05) is 45.0 Å². The van der Waals surface area contributed by atoms with Crippen LogP contribution in [-0.4, -0.2) is 41.6 Å². The summed E-state index contributed by atoms with van der Waals surface area (Å²) in [7, 11) is 0. The van der Waals surface area contributed by atoms with Gasteiger partial charge < -0.3 is 15.0 Å². The zero-order valence-electron chi connectivity index (χ0n) is 18.3. The molecule has 1 N–H and O–H groups in total. The summed E-state index contributed by atoms with van der Waals surface area (Å²) in [6.45, 7) is 11.5. The first kappa shape index (κ1) is 23.7. The Balaban J connectivity index is 1.89. The first-order valence-corrected chi connectivity index (χ1v) is 11.4. The minimum absolute atomic E-state index is 0.0191. The fourth-order valence-corrected chi connectivity index (χ4v) is 4.00. The van der Waals surface area contributed by atoms with Gasteiger partial charge in [-0.25, -0.2) is 4.79 Å². The van der Waals surface area contributed by atoms with Crippen molar-refractivity contribution in [3.63, 3.8) is 0 Å². The van der Waals surface area contributed by atoms with Gasteiger partial charge in [0.1, 0.15) is 5.60 Å². The van der Waals surface area contributed by atoms with Crippen molar-refractivity contribution in [1.82, 2.24) is 10.2 Å². The summed E-state index contributed by atoms with van der Waals surface area (Å²) in [5, 5.41) is 3.24. The van der Waals surface area contributed by atoms with Crippen LogP contribution in [0.25, 0.3) is 0 Å². The van der Waals surface area contributed by atoms with Crippen LogP contribution in [0.2, 0.25) is 0 Å². The zero-order chi connectivity index (χ0) is 21.6. The minimum Gasteiger partial charge on any atom is -0.444 e. The molecule has 1 heterocycles. The molecule has 2 amide bonds. The lowest BCUT2D eigenvalue weighted by atomic mass is 9.87. The fraction of sp³-hybridized carbons (Fsp3) is 0.652. The molecule has 1 saturated heterocycles. The van der Waals surface area contributed by atoms with Crippen LogP contribution in [0.3, 0.4) is 0 Å². The summed E-state index contributed by atoms with van der Waals surface area (Å²) in [6.07, 6.45) is 3.57. The summed E-state index contributed by atoms with van der Waals surface area (Å²) < 4.78 is 6.45. The molecule has 0 aliphatic carbocycles. The maximum atomic E-state index is 12.7. The normalized spacial score (nSPS) is 16.6. The Kier molecular flexibility index (Phi) is 8.56. The number of amides is 2. The molecule has 0 saturated carbocycles. The molecule has 1 atom stereocenters. The number of hydrogen-bond donors (Lipinski definition) is 1. The average Bonchev–Trinajstić information content (AvgIpc) is 2.60. The first-order valence-electron chi connectivity index (χ1n) is 10.6. The van der Waals surface area contributed by atoms with Gasteiger partial charge in [-0.3, -0.25) is 4.79 Å². The average molecular weight is 467 g/mol. The first-order chi connectivity index (χ1) is 13.5. The zero-order valence-corrected chi connectivity index (χ0v) is 19.9. The highest BCUT2D eigenvalue weighted by Gasteiger charge is 2.28. The number of rotatable bonds is 6. The van der Waals surface area contributed by atoms with Crippen LogP contribution in [0, 0.1) is 11.8 Å². The van der Waals surface area contributed by atoms with E-state index in [-0.39, 0.29) is 18.0 Å². The van der Waals surface area contributed by atoms with E-state index in [4.69, 9.17) is 4.74 Å². The molecule has 1 aliphatic heterocycles. The second kappa shape index (κ2) is 10.5. The Hall–Kier alpha value is -1.56. The SMILES string of the molecule is CC(C)CC(CC1CCN(C(=O)OC(C)(C)C)CC1)NC(=O)c1ccc(Br)cc1. The van der Waals surface area contributed by atoms with Gasteiger partial charge in [-0.05, 0) is 82.6 Å². The Morgan fingerprint density at radius 1 is 1.17 bits per heavy atom. The summed E-state index contributed by atoms with van der Waals surface area (Å²) in [5.74, 6) is 0.990. The topological polar surface area (TPSA) is 58.6 Å². The van der Waals surface area contributed by atoms with Gasteiger partial charge in [-0.15, -0.1) is 0 Å². The van der Waals surface area contributed by atoms with Gasteiger partial charge in [-0.1, -0.05) is 29.8 Å². The highest BCUT2D eigenvalue weighted by Crippen LogP contribution is 2.25. The number of carbonyl (C=O) groups excluding carboxylic acids is 2. The number of carbonyl (C=O) groups is 2. The van der Waals surface area contributed by atoms with Crippen molar-refractivity contribution in [2.45, 2.75) is 71.9 Å². The lowest BCUT2D eigenvalue weighted by Crippen LogP contribution is -2.43. The molecule has 0 bridgehead atoms. The van der Waals surface area contributed by atoms with E-state index in [1.165, 1.54) is 0 Å². The molecule has 2 rings (SSSR count). The third kappa shape index (κ3) is 8.37. The van der Waals surface area contributed by atoms with E-state index in [2.05, 4.69) is 35.1 Å². The van der Waals surface area contributed by atoms with E-state index in [0.717, 1.165) is 30.2 Å². The van der Waals surface area contributed by atoms with E-state index in [1.54, 1.807) is 4.90 Å². The molecule has 1 unspecified atom stereocenters. The second-order valence-electron chi connectivity index (χ2n) is 9.45. The van der Waals surface area contributed by atoms with Crippen LogP contribution in [0.5, 0.6) is 0 Å². The molecular formula is C23H35BrN2O3. The van der Waals surface area contributed by atoms with Crippen molar-refractivity contribution in [1.29, 1.82) is 0 Å². The van der Waals surface area contributed by atoms with Crippen LogP contribution < -0.4 is 5.32 Å². The Morgan fingerprint density at radius 3 is 2.28 bits per heavy atom. The van der Waals surface area contributed by atoms with Crippen molar-refractivity contribution in [2.75, 3.05) is 13.1 Å². The Labute approximate surface area is 183 Å². The molecular weight excluding hydrogens is 432 g/mol. The number of hydrogen-bond acceptors (Lipinski definition) is 3. The summed E-state index contributed by atoms with van der Waals surface area (Å²) in [4.78, 5) is 26.7. The summed E-state index contributed by atoms with van der Waals surface area (Å²) >= 11 is 3.41. The number of halogens is 1. The molecule has 1 aliphatic rings. The largest absolute Gasteiger partial charge is 0.444 e. The number of piperidine rings is 1. The van der Waals surface area contributed by atoms with E-state index < -0.39 is 5.60 Å². The molecule has 1 fully saturated rings. The maximum Gasteiger partial charge on any atom is 0.410 e. The van der Waals surface area contributed by atoms with Gasteiger partial charge in [-0.2, -0.15) is 0 Å². The van der Waals surface area contributed by atoms with Gasteiger partial charge in [0.25, 0.3) is 5.91 Å².